The Bertz CT molecular complexity index is 815. The van der Waals surface area contributed by atoms with E-state index in [4.69, 9.17) is 9.84 Å². The van der Waals surface area contributed by atoms with E-state index in [1.165, 1.54) is 49.3 Å². The van der Waals surface area contributed by atoms with Crippen LogP contribution in [0.4, 0.5) is 15.8 Å². The van der Waals surface area contributed by atoms with Gasteiger partial charge in [0.25, 0.3) is 0 Å². The molecule has 2 aromatic carbocycles. The van der Waals surface area contributed by atoms with Crippen molar-refractivity contribution in [3.63, 3.8) is 0 Å². The number of hydrogen-bond donors (Lipinski definition) is 2. The molecule has 0 atom stereocenters. The minimum absolute atomic E-state index is 0.248. The number of thioether (sulfide) groups is 1. The molecule has 0 saturated heterocycles. The van der Waals surface area contributed by atoms with E-state index in [2.05, 4.69) is 29.5 Å². The number of nitrogens with one attached hydrogen (secondary N) is 1. The predicted octanol–water partition coefficient (Wildman–Crippen LogP) is 5.80. The van der Waals surface area contributed by atoms with Crippen LogP contribution in [0.15, 0.2) is 58.5 Å². The van der Waals surface area contributed by atoms with Crippen LogP contribution < -0.4 is 14.4 Å². The molecule has 0 saturated carbocycles. The summed E-state index contributed by atoms with van der Waals surface area (Å²) in [5.41, 5.74) is 1.98. The van der Waals surface area contributed by atoms with Crippen molar-refractivity contribution < 1.29 is 19.0 Å². The molecule has 0 radical (unpaired) electrons. The van der Waals surface area contributed by atoms with Gasteiger partial charge in [0, 0.05) is 32.0 Å². The third kappa shape index (κ3) is 8.57. The zero-order chi connectivity index (χ0) is 23.1. The fourth-order valence-corrected chi connectivity index (χ4v) is 3.84. The van der Waals surface area contributed by atoms with Crippen molar-refractivity contribution in [1.29, 1.82) is 0 Å². The number of aldehydes is 1. The van der Waals surface area contributed by atoms with Crippen molar-refractivity contribution in [3.05, 3.63) is 54.6 Å². The fraction of sp³-hybridized carbons (Fsp3) is 0.348. The lowest BCUT2D eigenvalue weighted by Gasteiger charge is -2.25. The first-order valence-electron chi connectivity index (χ1n) is 10.0. The van der Waals surface area contributed by atoms with E-state index >= 15 is 0 Å². The van der Waals surface area contributed by atoms with Gasteiger partial charge in [-0.25, -0.2) is 4.39 Å². The number of aliphatic hydroxyl groups is 1. The van der Waals surface area contributed by atoms with Crippen molar-refractivity contribution in [2.24, 2.45) is 0 Å². The molecule has 2 N–H and O–H groups in total. The van der Waals surface area contributed by atoms with Gasteiger partial charge in [-0.1, -0.05) is 26.7 Å². The highest BCUT2D eigenvalue weighted by molar-refractivity contribution is 7.98. The highest BCUT2D eigenvalue weighted by Gasteiger charge is 2.20. The number of nitrogens with zero attached hydrogens (tertiary/aromatic N) is 1. The number of anilines is 2. The maximum atomic E-state index is 13.3. The lowest BCUT2D eigenvalue weighted by Crippen LogP contribution is -2.23. The minimum Gasteiger partial charge on any atom is -0.464 e. The molecular weight excluding hydrogens is 435 g/mol. The Balaban J connectivity index is 0.000000720. The van der Waals surface area contributed by atoms with Crippen LogP contribution in [-0.2, 0) is 4.79 Å². The van der Waals surface area contributed by atoms with Crippen molar-refractivity contribution in [2.75, 3.05) is 31.4 Å². The molecule has 0 amide bonds. The summed E-state index contributed by atoms with van der Waals surface area (Å²) in [6, 6.07) is 10.5. The topological polar surface area (TPSA) is 61.8 Å². The molecule has 0 bridgehead atoms. The number of carbonyl (C=O) groups is 1. The van der Waals surface area contributed by atoms with Gasteiger partial charge >= 0.3 is 0 Å². The first kappa shape index (κ1) is 27.0. The zero-order valence-corrected chi connectivity index (χ0v) is 20.1. The lowest BCUT2D eigenvalue weighted by molar-refractivity contribution is -0.104. The Morgan fingerprint density at radius 1 is 1.23 bits per heavy atom. The van der Waals surface area contributed by atoms with E-state index in [0.717, 1.165) is 41.4 Å². The maximum absolute atomic E-state index is 13.3. The molecule has 8 heteroatoms. The number of aliphatic hydroxyl groups excluding tert-OH is 1. The van der Waals surface area contributed by atoms with Gasteiger partial charge in [-0.2, -0.15) is 0 Å². The Kier molecular flexibility index (Phi) is 13.7. The van der Waals surface area contributed by atoms with Crippen LogP contribution in [0.2, 0.25) is 0 Å². The van der Waals surface area contributed by atoms with Gasteiger partial charge in [-0.05, 0) is 54.6 Å². The number of hydrogen-bond acceptors (Lipinski definition) is 7. The second-order valence-corrected chi connectivity index (χ2v) is 7.96. The van der Waals surface area contributed by atoms with Crippen LogP contribution in [0.25, 0.3) is 0 Å². The first-order chi connectivity index (χ1) is 15.1. The average Bonchev–Trinajstić information content (AvgIpc) is 3.02. The summed E-state index contributed by atoms with van der Waals surface area (Å²) in [7, 11) is 1.00. The van der Waals surface area contributed by atoms with Crippen LogP contribution in [0.3, 0.4) is 0 Å². The number of carbonyl (C=O) groups excluding carboxylic acids is 1. The second kappa shape index (κ2) is 15.8. The fourth-order valence-electron chi connectivity index (χ4n) is 2.52. The van der Waals surface area contributed by atoms with Gasteiger partial charge in [0.15, 0.2) is 0 Å². The summed E-state index contributed by atoms with van der Waals surface area (Å²) in [4.78, 5) is 14.6. The molecule has 0 fully saturated rings. The summed E-state index contributed by atoms with van der Waals surface area (Å²) in [5.74, 6) is 0.446. The second-order valence-electron chi connectivity index (χ2n) is 6.18. The van der Waals surface area contributed by atoms with E-state index < -0.39 is 0 Å². The predicted molar refractivity (Wildman–Crippen MR) is 130 cm³/mol. The van der Waals surface area contributed by atoms with E-state index in [1.807, 2.05) is 12.3 Å². The first-order valence-corrected chi connectivity index (χ1v) is 12.0. The van der Waals surface area contributed by atoms with Crippen molar-refractivity contribution in [1.82, 2.24) is 4.72 Å². The molecular formula is C23H31FN2O3S2. The van der Waals surface area contributed by atoms with Crippen LogP contribution in [0.1, 0.15) is 26.7 Å². The molecule has 1 aliphatic heterocycles. The molecule has 0 spiro atoms. The summed E-state index contributed by atoms with van der Waals surface area (Å²) in [5, 5.41) is 7.00. The van der Waals surface area contributed by atoms with E-state index in [-0.39, 0.29) is 5.82 Å². The molecule has 3 rings (SSSR count). The molecule has 0 aromatic heterocycles. The van der Waals surface area contributed by atoms with Crippen LogP contribution in [0, 0.1) is 5.82 Å². The number of allylic oxidation sites excluding steroid dienone is 1. The largest absolute Gasteiger partial charge is 0.464 e. The third-order valence-corrected chi connectivity index (χ3v) is 5.80. The van der Waals surface area contributed by atoms with E-state index in [0.29, 0.717) is 12.0 Å². The van der Waals surface area contributed by atoms with Gasteiger partial charge in [-0.15, -0.1) is 11.8 Å². The SMILES string of the molecule is CCCC.CO.CSc1cc2c(cc1O/C=C/C=O)SNCCN2c1ccc(F)cc1. The Hall–Kier alpha value is -2.00. The van der Waals surface area contributed by atoms with Gasteiger partial charge in [-0.3, -0.25) is 9.52 Å². The van der Waals surface area contributed by atoms with Gasteiger partial charge in [0.2, 0.25) is 0 Å². The third-order valence-electron chi connectivity index (χ3n) is 4.15. The van der Waals surface area contributed by atoms with E-state index in [9.17, 15) is 9.18 Å². The highest BCUT2D eigenvalue weighted by atomic mass is 32.2. The number of unbranched alkanes of at least 4 members (excludes halogenated alkanes) is 1. The van der Waals surface area contributed by atoms with Crippen molar-refractivity contribution >= 4 is 41.4 Å². The molecule has 0 unspecified atom stereocenters. The van der Waals surface area contributed by atoms with Crippen LogP contribution in [0.5, 0.6) is 5.75 Å². The number of halogens is 1. The summed E-state index contributed by atoms with van der Waals surface area (Å²) >= 11 is 3.10. The Morgan fingerprint density at radius 3 is 2.48 bits per heavy atom. The Morgan fingerprint density at radius 2 is 1.90 bits per heavy atom. The quantitative estimate of drug-likeness (QED) is 0.183. The Labute approximate surface area is 193 Å². The van der Waals surface area contributed by atoms with Crippen LogP contribution in [-0.4, -0.2) is 37.8 Å². The molecule has 31 heavy (non-hydrogen) atoms. The lowest BCUT2D eigenvalue weighted by atomic mass is 10.2. The van der Waals surface area contributed by atoms with Gasteiger partial charge < -0.3 is 14.7 Å². The number of benzene rings is 2. The molecule has 5 nitrogen and oxygen atoms in total. The molecule has 1 heterocycles. The number of fused-ring (bicyclic) bond motifs is 1. The summed E-state index contributed by atoms with van der Waals surface area (Å²) in [6.45, 7) is 5.91. The molecule has 1 aliphatic rings. The van der Waals surface area contributed by atoms with Crippen LogP contribution >= 0.6 is 23.7 Å². The average molecular weight is 467 g/mol. The summed E-state index contributed by atoms with van der Waals surface area (Å²) in [6.07, 6.45) is 7.98. The normalized spacial score (nSPS) is 12.6. The monoisotopic (exact) mass is 466 g/mol. The number of ether oxygens (including phenoxy) is 1. The maximum Gasteiger partial charge on any atom is 0.145 e. The van der Waals surface area contributed by atoms with Gasteiger partial charge in [0.1, 0.15) is 17.9 Å². The molecule has 2 aromatic rings. The van der Waals surface area contributed by atoms with Gasteiger partial charge in [0.05, 0.1) is 21.7 Å². The standard InChI is InChI=1S/C18H17FN2O2S2.C4H10.CH4O/c1-24-18-11-15-17(12-16(18)23-10-2-9-22)25-20-7-8-21(15)14-5-3-13(19)4-6-14;1-3-4-2;1-2/h2-6,9-12,20H,7-8H2,1H3;3-4H2,1-2H3;2H,1H3/b10-2+;;. The molecule has 170 valence electrons. The van der Waals surface area contributed by atoms with Crippen molar-refractivity contribution in [3.8, 4) is 5.75 Å². The molecule has 0 aliphatic carbocycles. The minimum atomic E-state index is -0.248. The zero-order valence-electron chi connectivity index (χ0n) is 18.4. The number of rotatable bonds is 6. The highest BCUT2D eigenvalue weighted by Crippen LogP contribution is 2.42. The summed E-state index contributed by atoms with van der Waals surface area (Å²) < 4.78 is 22.2. The smallest absolute Gasteiger partial charge is 0.145 e. The van der Waals surface area contributed by atoms with Crippen molar-refractivity contribution in [2.45, 2.75) is 36.5 Å². The van der Waals surface area contributed by atoms with E-state index in [1.54, 1.807) is 23.9 Å².